The number of likely N-dealkylation sites (N-methyl/N-ethyl adjacent to an activating group) is 1. The Balaban J connectivity index is 1.82. The van der Waals surface area contributed by atoms with Crippen LogP contribution in [0.25, 0.3) is 0 Å². The molecule has 4 N–H and O–H groups in total. The summed E-state index contributed by atoms with van der Waals surface area (Å²) < 4.78 is 45.0. The summed E-state index contributed by atoms with van der Waals surface area (Å²) in [5.74, 6) is -2.47. The van der Waals surface area contributed by atoms with Gasteiger partial charge < -0.3 is 53.8 Å². The van der Waals surface area contributed by atoms with Crippen LogP contribution in [-0.4, -0.2) is 120 Å². The fourth-order valence-corrected chi connectivity index (χ4v) is 9.05. The molecule has 48 heavy (non-hydrogen) atoms. The standard InChI is InChI=1S/C36H65NO11/c1-13-25-36(10,41)30(39)21(5)28-18(2)15-35(9,48-28)31(47-33-27(38)24(37-11)14-19(3)44-33)22(6)29(23(7)32(40)45-25)46-26-17-34(8,42-12)16-20(4)43-26/h18-31,33,37-39,41H,13-17H2,1-12H3/t18-,19+,20-,21+,22-,23+,24-,25-,26-,27+,28+,29-,30+,31+,33-,34-,35-,36+/m0/s1. The normalized spacial score (nSPS) is 52.6. The van der Waals surface area contributed by atoms with Crippen molar-refractivity contribution < 1.29 is 53.3 Å². The molecule has 4 aliphatic heterocycles. The quantitative estimate of drug-likeness (QED) is 0.291. The van der Waals surface area contributed by atoms with Crippen LogP contribution in [0.4, 0.5) is 0 Å². The zero-order chi connectivity index (χ0) is 35.9. The monoisotopic (exact) mass is 687 g/mol. The van der Waals surface area contributed by atoms with E-state index in [1.165, 1.54) is 6.92 Å². The number of esters is 1. The number of nitrogens with one attached hydrogen (secondary N) is 1. The number of hydrogen-bond donors (Lipinski definition) is 4. The largest absolute Gasteiger partial charge is 0.459 e. The average Bonchev–Trinajstić information content (AvgIpc) is 3.34. The molecule has 4 fully saturated rings. The smallest absolute Gasteiger partial charge is 0.311 e. The molecule has 0 spiro atoms. The van der Waals surface area contributed by atoms with E-state index in [2.05, 4.69) is 12.2 Å². The summed E-state index contributed by atoms with van der Waals surface area (Å²) in [5.41, 5.74) is -3.19. The summed E-state index contributed by atoms with van der Waals surface area (Å²) in [6.45, 7) is 18.9. The first-order chi connectivity index (χ1) is 22.3. The molecule has 12 heteroatoms. The molecular weight excluding hydrogens is 622 g/mol. The van der Waals surface area contributed by atoms with Gasteiger partial charge in [0.1, 0.15) is 17.8 Å². The Labute approximate surface area is 287 Å². The van der Waals surface area contributed by atoms with E-state index in [0.29, 0.717) is 25.7 Å². The summed E-state index contributed by atoms with van der Waals surface area (Å²) in [6.07, 6.45) is -4.62. The Morgan fingerprint density at radius 3 is 2.21 bits per heavy atom. The number of aliphatic hydroxyl groups excluding tert-OH is 2. The van der Waals surface area contributed by atoms with Crippen molar-refractivity contribution in [2.45, 2.75) is 186 Å². The molecule has 0 amide bonds. The Morgan fingerprint density at radius 1 is 0.938 bits per heavy atom. The van der Waals surface area contributed by atoms with Gasteiger partial charge in [0, 0.05) is 37.8 Å². The van der Waals surface area contributed by atoms with Crippen LogP contribution in [0.15, 0.2) is 0 Å². The van der Waals surface area contributed by atoms with Crippen molar-refractivity contribution in [2.24, 2.45) is 23.7 Å². The minimum absolute atomic E-state index is 0.0257. The average molecular weight is 688 g/mol. The number of carbonyl (C=O) groups excluding carboxylic acids is 1. The summed E-state index contributed by atoms with van der Waals surface area (Å²) in [7, 11) is 3.48. The van der Waals surface area contributed by atoms with Crippen LogP contribution in [0.1, 0.15) is 101 Å². The lowest BCUT2D eigenvalue weighted by Gasteiger charge is -2.47. The van der Waals surface area contributed by atoms with Gasteiger partial charge in [0.25, 0.3) is 0 Å². The number of methoxy groups -OCH3 is 1. The number of cyclic esters (lactones) is 1. The highest BCUT2D eigenvalue weighted by molar-refractivity contribution is 5.73. The fourth-order valence-electron chi connectivity index (χ4n) is 9.05. The molecule has 0 aromatic carbocycles. The van der Waals surface area contributed by atoms with Crippen molar-refractivity contribution in [3.63, 3.8) is 0 Å². The zero-order valence-corrected chi connectivity index (χ0v) is 31.3. The van der Waals surface area contributed by atoms with Crippen LogP contribution in [-0.2, 0) is 38.0 Å². The molecule has 18 atom stereocenters. The van der Waals surface area contributed by atoms with E-state index in [-0.39, 0.29) is 30.6 Å². The molecule has 4 saturated heterocycles. The SMILES string of the molecule is CC[C@@H]1OC(=O)[C@H](C)[C@@H](O[C@H]2C[C@@](C)(OC)C[C@H](C)O2)[C@H](C)[C@@H](O[C@@H]2O[C@H](C)C[C@H](NC)[C@H]2O)[C@]2(C)C[C@H](C)[C@@H](O2)[C@@H](C)[C@@H](O)[C@]1(C)O. The topological polar surface area (TPSA) is 154 Å². The van der Waals surface area contributed by atoms with Gasteiger partial charge in [0.05, 0.1) is 53.7 Å². The highest BCUT2D eigenvalue weighted by atomic mass is 16.7. The number of aliphatic hydroxyl groups is 3. The minimum Gasteiger partial charge on any atom is -0.459 e. The minimum atomic E-state index is -1.75. The van der Waals surface area contributed by atoms with Crippen LogP contribution in [0.3, 0.4) is 0 Å². The third kappa shape index (κ3) is 8.08. The van der Waals surface area contributed by atoms with Gasteiger partial charge in [-0.3, -0.25) is 4.79 Å². The third-order valence-corrected chi connectivity index (χ3v) is 11.9. The second kappa shape index (κ2) is 15.4. The van der Waals surface area contributed by atoms with Gasteiger partial charge in [-0.05, 0) is 73.8 Å². The molecule has 0 aromatic rings. The van der Waals surface area contributed by atoms with Crippen molar-refractivity contribution in [1.82, 2.24) is 5.32 Å². The molecule has 0 aromatic heterocycles. The molecule has 280 valence electrons. The molecular formula is C36H65NO11. The van der Waals surface area contributed by atoms with Crippen molar-refractivity contribution in [3.05, 3.63) is 0 Å². The Kier molecular flexibility index (Phi) is 12.7. The van der Waals surface area contributed by atoms with Crippen molar-refractivity contribution >= 4 is 5.97 Å². The molecule has 4 rings (SSSR count). The highest BCUT2D eigenvalue weighted by Crippen LogP contribution is 2.47. The van der Waals surface area contributed by atoms with E-state index in [1.807, 2.05) is 48.5 Å². The number of carbonyl (C=O) groups is 1. The predicted octanol–water partition coefficient (Wildman–Crippen LogP) is 3.31. The van der Waals surface area contributed by atoms with Gasteiger partial charge in [-0.2, -0.15) is 0 Å². The van der Waals surface area contributed by atoms with Gasteiger partial charge >= 0.3 is 5.97 Å². The van der Waals surface area contributed by atoms with Crippen LogP contribution in [0.2, 0.25) is 0 Å². The van der Waals surface area contributed by atoms with Gasteiger partial charge in [-0.1, -0.05) is 27.7 Å². The van der Waals surface area contributed by atoms with Gasteiger partial charge in [-0.25, -0.2) is 0 Å². The van der Waals surface area contributed by atoms with Gasteiger partial charge in [-0.15, -0.1) is 0 Å². The van der Waals surface area contributed by atoms with Crippen LogP contribution in [0, 0.1) is 23.7 Å². The summed E-state index contributed by atoms with van der Waals surface area (Å²) in [6, 6.07) is -0.249. The van der Waals surface area contributed by atoms with Crippen LogP contribution >= 0.6 is 0 Å². The van der Waals surface area contributed by atoms with E-state index in [9.17, 15) is 20.1 Å². The fraction of sp³-hybridized carbons (Fsp3) is 0.972. The lowest BCUT2D eigenvalue weighted by molar-refractivity contribution is -0.308. The number of rotatable bonds is 7. The number of hydrogen-bond acceptors (Lipinski definition) is 12. The summed E-state index contributed by atoms with van der Waals surface area (Å²) >= 11 is 0. The van der Waals surface area contributed by atoms with Crippen LogP contribution < -0.4 is 5.32 Å². The molecule has 0 aliphatic carbocycles. The van der Waals surface area contributed by atoms with Gasteiger partial charge in [0.15, 0.2) is 12.6 Å². The summed E-state index contributed by atoms with van der Waals surface area (Å²) in [5, 5.41) is 38.0. The van der Waals surface area contributed by atoms with Crippen molar-refractivity contribution in [2.75, 3.05) is 14.2 Å². The molecule has 4 aliphatic rings. The van der Waals surface area contributed by atoms with Crippen molar-refractivity contribution in [1.29, 1.82) is 0 Å². The van der Waals surface area contributed by atoms with E-state index >= 15 is 0 Å². The third-order valence-electron chi connectivity index (χ3n) is 11.9. The second-order valence-electron chi connectivity index (χ2n) is 16.1. The molecule has 0 saturated carbocycles. The van der Waals surface area contributed by atoms with E-state index in [1.54, 1.807) is 21.1 Å². The van der Waals surface area contributed by atoms with E-state index in [4.69, 9.17) is 33.2 Å². The molecule has 12 nitrogen and oxygen atoms in total. The lowest BCUT2D eigenvalue weighted by atomic mass is 9.76. The Bertz CT molecular complexity index is 1080. The first kappa shape index (κ1) is 39.8. The maximum absolute atomic E-state index is 14.1. The zero-order valence-electron chi connectivity index (χ0n) is 31.3. The maximum atomic E-state index is 14.1. The molecule has 0 radical (unpaired) electrons. The lowest BCUT2D eigenvalue weighted by Crippen LogP contribution is -2.59. The Hall–Kier alpha value is -0.930. The molecule has 2 bridgehead atoms. The molecule has 4 heterocycles. The van der Waals surface area contributed by atoms with Crippen molar-refractivity contribution in [3.8, 4) is 0 Å². The number of fused-ring (bicyclic) bond motifs is 2. The predicted molar refractivity (Wildman–Crippen MR) is 178 cm³/mol. The molecule has 0 unspecified atom stereocenters. The second-order valence-corrected chi connectivity index (χ2v) is 16.1. The first-order valence-corrected chi connectivity index (χ1v) is 18.1. The first-order valence-electron chi connectivity index (χ1n) is 18.1. The number of ether oxygens (including phenoxy) is 7. The maximum Gasteiger partial charge on any atom is 0.311 e. The Morgan fingerprint density at radius 2 is 1.60 bits per heavy atom. The van der Waals surface area contributed by atoms with Crippen LogP contribution in [0.5, 0.6) is 0 Å². The van der Waals surface area contributed by atoms with E-state index in [0.717, 1.165) is 0 Å². The highest BCUT2D eigenvalue weighted by Gasteiger charge is 2.57. The van der Waals surface area contributed by atoms with Gasteiger partial charge in [0.2, 0.25) is 0 Å². The van der Waals surface area contributed by atoms with E-state index < -0.39 is 89.7 Å². The summed E-state index contributed by atoms with van der Waals surface area (Å²) in [4.78, 5) is 14.1.